The van der Waals surface area contributed by atoms with E-state index < -0.39 is 5.78 Å². The number of carbonyl (C=O) groups is 2. The predicted octanol–water partition coefficient (Wildman–Crippen LogP) is 2.51. The largest absolute Gasteiger partial charge is 0.496 e. The Morgan fingerprint density at radius 2 is 1.70 bits per heavy atom. The molecule has 0 radical (unpaired) electrons. The van der Waals surface area contributed by atoms with E-state index in [1.54, 1.807) is 18.1 Å². The summed E-state index contributed by atoms with van der Waals surface area (Å²) in [6.45, 7) is 5.09. The summed E-state index contributed by atoms with van der Waals surface area (Å²) in [7, 11) is 1.60. The Labute approximate surface area is 119 Å². The van der Waals surface area contributed by atoms with E-state index in [-0.39, 0.29) is 5.91 Å². The number of ketones is 1. The first-order valence-corrected chi connectivity index (χ1v) is 7.03. The highest BCUT2D eigenvalue weighted by atomic mass is 16.5. The molecule has 4 nitrogen and oxygen atoms in total. The summed E-state index contributed by atoms with van der Waals surface area (Å²) in [5.41, 5.74) is 2.13. The molecule has 0 bridgehead atoms. The van der Waals surface area contributed by atoms with E-state index in [0.29, 0.717) is 18.7 Å². The van der Waals surface area contributed by atoms with Gasteiger partial charge in [0.05, 0.1) is 7.11 Å². The Hall–Kier alpha value is -1.84. The molecule has 1 fully saturated rings. The summed E-state index contributed by atoms with van der Waals surface area (Å²) < 4.78 is 5.23. The lowest BCUT2D eigenvalue weighted by Gasteiger charge is -2.26. The number of hydrogen-bond acceptors (Lipinski definition) is 3. The van der Waals surface area contributed by atoms with E-state index in [0.717, 1.165) is 36.1 Å². The summed E-state index contributed by atoms with van der Waals surface area (Å²) in [5, 5.41) is 0. The zero-order valence-corrected chi connectivity index (χ0v) is 12.4. The number of ether oxygens (including phenoxy) is 1. The van der Waals surface area contributed by atoms with Crippen molar-refractivity contribution in [2.75, 3.05) is 20.2 Å². The number of carbonyl (C=O) groups excluding carboxylic acids is 2. The van der Waals surface area contributed by atoms with Crippen molar-refractivity contribution in [1.29, 1.82) is 0 Å². The Bertz CT molecular complexity index is 531. The van der Waals surface area contributed by atoms with Crippen molar-refractivity contribution in [3.63, 3.8) is 0 Å². The number of nitrogens with zero attached hydrogens (tertiary/aromatic N) is 1. The fourth-order valence-electron chi connectivity index (χ4n) is 2.61. The molecular formula is C16H21NO3. The Morgan fingerprint density at radius 1 is 1.05 bits per heavy atom. The van der Waals surface area contributed by atoms with Crippen molar-refractivity contribution in [3.05, 3.63) is 28.8 Å². The number of benzene rings is 1. The third-order valence-corrected chi connectivity index (χ3v) is 3.82. The molecule has 0 aliphatic carbocycles. The molecule has 1 heterocycles. The van der Waals surface area contributed by atoms with Crippen molar-refractivity contribution in [2.24, 2.45) is 0 Å². The molecule has 0 atom stereocenters. The first kappa shape index (κ1) is 14.6. The number of methoxy groups -OCH3 is 1. The van der Waals surface area contributed by atoms with E-state index in [4.69, 9.17) is 4.74 Å². The molecule has 0 unspecified atom stereocenters. The van der Waals surface area contributed by atoms with Gasteiger partial charge in [0.15, 0.2) is 0 Å². The highest BCUT2D eigenvalue weighted by Crippen LogP contribution is 2.23. The van der Waals surface area contributed by atoms with Crippen LogP contribution in [0, 0.1) is 13.8 Å². The summed E-state index contributed by atoms with van der Waals surface area (Å²) in [6, 6.07) is 3.56. The predicted molar refractivity (Wildman–Crippen MR) is 77.2 cm³/mol. The standard InChI is InChI=1S/C16H21NO3/c1-11-10-14(20-3)12(2)9-13(11)15(18)16(19)17-7-5-4-6-8-17/h9-10H,4-8H2,1-3H3. The number of amides is 1. The lowest BCUT2D eigenvalue weighted by molar-refractivity contribution is -0.127. The van der Waals surface area contributed by atoms with Gasteiger partial charge in [0.1, 0.15) is 5.75 Å². The zero-order valence-electron chi connectivity index (χ0n) is 12.4. The summed E-state index contributed by atoms with van der Waals surface area (Å²) >= 11 is 0. The van der Waals surface area contributed by atoms with E-state index in [1.807, 2.05) is 19.9 Å². The summed E-state index contributed by atoms with van der Waals surface area (Å²) in [5.74, 6) is -0.0445. The Kier molecular flexibility index (Phi) is 4.42. The topological polar surface area (TPSA) is 46.6 Å². The average Bonchev–Trinajstić information content (AvgIpc) is 2.48. The van der Waals surface area contributed by atoms with Crippen LogP contribution in [-0.4, -0.2) is 36.8 Å². The Balaban J connectivity index is 2.24. The number of Topliss-reactive ketones (excluding diaryl/α,β-unsaturated/α-hetero) is 1. The van der Waals surface area contributed by atoms with Crippen LogP contribution in [0.5, 0.6) is 5.75 Å². The monoisotopic (exact) mass is 275 g/mol. The highest BCUT2D eigenvalue weighted by molar-refractivity contribution is 6.43. The van der Waals surface area contributed by atoms with Crippen LogP contribution in [0.4, 0.5) is 0 Å². The second kappa shape index (κ2) is 6.07. The minimum absolute atomic E-state index is 0.377. The average molecular weight is 275 g/mol. The fourth-order valence-corrected chi connectivity index (χ4v) is 2.61. The summed E-state index contributed by atoms with van der Waals surface area (Å²) in [6.07, 6.45) is 3.11. The SMILES string of the molecule is COc1cc(C)c(C(=O)C(=O)N2CCCCC2)cc1C. The normalized spacial score (nSPS) is 15.1. The lowest BCUT2D eigenvalue weighted by atomic mass is 9.99. The van der Waals surface area contributed by atoms with Crippen LogP contribution >= 0.6 is 0 Å². The van der Waals surface area contributed by atoms with Crippen molar-refractivity contribution < 1.29 is 14.3 Å². The minimum atomic E-state index is -0.407. The van der Waals surface area contributed by atoms with Crippen LogP contribution in [0.1, 0.15) is 40.7 Å². The molecule has 1 amide bonds. The molecule has 0 spiro atoms. The van der Waals surface area contributed by atoms with Gasteiger partial charge in [-0.25, -0.2) is 0 Å². The second-order valence-electron chi connectivity index (χ2n) is 5.32. The van der Waals surface area contributed by atoms with Gasteiger partial charge in [0, 0.05) is 18.7 Å². The van der Waals surface area contributed by atoms with Crippen LogP contribution in [0.15, 0.2) is 12.1 Å². The van der Waals surface area contributed by atoms with E-state index in [9.17, 15) is 9.59 Å². The smallest absolute Gasteiger partial charge is 0.294 e. The first-order valence-electron chi connectivity index (χ1n) is 7.03. The number of rotatable bonds is 3. The zero-order chi connectivity index (χ0) is 14.7. The maximum Gasteiger partial charge on any atom is 0.294 e. The van der Waals surface area contributed by atoms with Crippen LogP contribution in [-0.2, 0) is 4.79 Å². The van der Waals surface area contributed by atoms with Gasteiger partial charge in [0.2, 0.25) is 0 Å². The van der Waals surface area contributed by atoms with Gasteiger partial charge in [-0.2, -0.15) is 0 Å². The van der Waals surface area contributed by atoms with Gasteiger partial charge in [-0.15, -0.1) is 0 Å². The van der Waals surface area contributed by atoms with Crippen molar-refractivity contribution in [1.82, 2.24) is 4.90 Å². The second-order valence-corrected chi connectivity index (χ2v) is 5.32. The number of likely N-dealkylation sites (tertiary alicyclic amines) is 1. The molecule has 0 aromatic heterocycles. The van der Waals surface area contributed by atoms with Gasteiger partial charge in [0.25, 0.3) is 11.7 Å². The van der Waals surface area contributed by atoms with E-state index in [2.05, 4.69) is 0 Å². The van der Waals surface area contributed by atoms with Crippen LogP contribution in [0.25, 0.3) is 0 Å². The Morgan fingerprint density at radius 3 is 2.30 bits per heavy atom. The van der Waals surface area contributed by atoms with Gasteiger partial charge >= 0.3 is 0 Å². The maximum absolute atomic E-state index is 12.4. The van der Waals surface area contributed by atoms with Gasteiger partial charge in [-0.1, -0.05) is 0 Å². The van der Waals surface area contributed by atoms with Crippen molar-refractivity contribution >= 4 is 11.7 Å². The van der Waals surface area contributed by atoms with Crippen LogP contribution in [0.3, 0.4) is 0 Å². The molecule has 4 heteroatoms. The molecule has 1 saturated heterocycles. The molecular weight excluding hydrogens is 254 g/mol. The highest BCUT2D eigenvalue weighted by Gasteiger charge is 2.26. The molecule has 0 N–H and O–H groups in total. The van der Waals surface area contributed by atoms with Crippen molar-refractivity contribution in [3.8, 4) is 5.75 Å². The first-order chi connectivity index (χ1) is 9.54. The third-order valence-electron chi connectivity index (χ3n) is 3.82. The summed E-state index contributed by atoms with van der Waals surface area (Å²) in [4.78, 5) is 26.3. The van der Waals surface area contributed by atoms with Gasteiger partial charge in [-0.3, -0.25) is 9.59 Å². The van der Waals surface area contributed by atoms with Gasteiger partial charge < -0.3 is 9.64 Å². The number of aryl methyl sites for hydroxylation is 2. The number of piperidine rings is 1. The molecule has 1 aromatic rings. The van der Waals surface area contributed by atoms with Crippen LogP contribution < -0.4 is 4.74 Å². The quantitative estimate of drug-likeness (QED) is 0.629. The lowest BCUT2D eigenvalue weighted by Crippen LogP contribution is -2.40. The van der Waals surface area contributed by atoms with Gasteiger partial charge in [-0.05, 0) is 56.4 Å². The fraction of sp³-hybridized carbons (Fsp3) is 0.500. The molecule has 108 valence electrons. The molecule has 1 aliphatic heterocycles. The molecule has 20 heavy (non-hydrogen) atoms. The molecule has 1 aliphatic rings. The molecule has 0 saturated carbocycles. The maximum atomic E-state index is 12.4. The van der Waals surface area contributed by atoms with Crippen molar-refractivity contribution in [2.45, 2.75) is 33.1 Å². The van der Waals surface area contributed by atoms with E-state index in [1.165, 1.54) is 0 Å². The van der Waals surface area contributed by atoms with E-state index >= 15 is 0 Å². The molecule has 1 aromatic carbocycles. The number of hydrogen-bond donors (Lipinski definition) is 0. The minimum Gasteiger partial charge on any atom is -0.496 e. The third kappa shape index (κ3) is 2.84. The van der Waals surface area contributed by atoms with Crippen LogP contribution in [0.2, 0.25) is 0 Å². The molecule has 2 rings (SSSR count).